The van der Waals surface area contributed by atoms with Crippen LogP contribution >= 0.6 is 0 Å². The SMILES string of the molecule is NC(=O)c1nnc2[nH]ccc2c1NC1CCN(c2ccc(N)cn2)CC1. The molecule has 26 heavy (non-hydrogen) atoms. The van der Waals surface area contributed by atoms with Crippen LogP contribution in [0, 0.1) is 0 Å². The summed E-state index contributed by atoms with van der Waals surface area (Å²) in [6.45, 7) is 1.71. The van der Waals surface area contributed by atoms with E-state index in [0.29, 0.717) is 17.0 Å². The molecule has 0 aromatic carbocycles. The zero-order valence-electron chi connectivity index (χ0n) is 14.1. The molecule has 9 heteroatoms. The van der Waals surface area contributed by atoms with E-state index in [-0.39, 0.29) is 11.7 Å². The van der Waals surface area contributed by atoms with Crippen LogP contribution in [0.1, 0.15) is 23.3 Å². The molecule has 1 aliphatic heterocycles. The van der Waals surface area contributed by atoms with Gasteiger partial charge in [0.05, 0.1) is 17.6 Å². The molecule has 0 unspecified atom stereocenters. The van der Waals surface area contributed by atoms with Gasteiger partial charge in [0.25, 0.3) is 5.91 Å². The minimum Gasteiger partial charge on any atom is -0.397 e. The largest absolute Gasteiger partial charge is 0.397 e. The molecule has 3 aromatic rings. The van der Waals surface area contributed by atoms with Crippen molar-refractivity contribution in [1.29, 1.82) is 0 Å². The minimum absolute atomic E-state index is 0.166. The quantitative estimate of drug-likeness (QED) is 0.551. The van der Waals surface area contributed by atoms with E-state index in [4.69, 9.17) is 11.5 Å². The number of aromatic nitrogens is 4. The van der Waals surface area contributed by atoms with Crippen molar-refractivity contribution in [3.05, 3.63) is 36.3 Å². The van der Waals surface area contributed by atoms with E-state index in [1.165, 1.54) is 0 Å². The van der Waals surface area contributed by atoms with E-state index in [2.05, 4.69) is 30.4 Å². The second-order valence-corrected chi connectivity index (χ2v) is 6.38. The summed E-state index contributed by atoms with van der Waals surface area (Å²) in [7, 11) is 0. The number of fused-ring (bicyclic) bond motifs is 1. The highest BCUT2D eigenvalue weighted by molar-refractivity contribution is 6.04. The summed E-state index contributed by atoms with van der Waals surface area (Å²) >= 11 is 0. The average molecular weight is 352 g/mol. The molecular formula is C17H20N8O. The van der Waals surface area contributed by atoms with Crippen LogP contribution in [0.15, 0.2) is 30.6 Å². The molecule has 0 radical (unpaired) electrons. The smallest absolute Gasteiger partial charge is 0.271 e. The first-order valence-corrected chi connectivity index (χ1v) is 8.48. The Bertz CT molecular complexity index is 928. The van der Waals surface area contributed by atoms with Crippen LogP contribution < -0.4 is 21.7 Å². The number of amides is 1. The van der Waals surface area contributed by atoms with Crippen molar-refractivity contribution in [1.82, 2.24) is 20.2 Å². The molecule has 4 rings (SSSR count). The van der Waals surface area contributed by atoms with Crippen LogP contribution in [0.3, 0.4) is 0 Å². The van der Waals surface area contributed by atoms with E-state index >= 15 is 0 Å². The molecule has 1 aliphatic rings. The maximum Gasteiger partial charge on any atom is 0.271 e. The first-order chi connectivity index (χ1) is 12.6. The Balaban J connectivity index is 1.50. The third-order valence-electron chi connectivity index (χ3n) is 4.65. The summed E-state index contributed by atoms with van der Waals surface area (Å²) in [5.41, 5.74) is 13.3. The number of primary amides is 1. The highest BCUT2D eigenvalue weighted by Gasteiger charge is 2.23. The Morgan fingerprint density at radius 3 is 2.73 bits per heavy atom. The number of nitrogens with one attached hydrogen (secondary N) is 2. The van der Waals surface area contributed by atoms with Gasteiger partial charge in [-0.05, 0) is 31.0 Å². The van der Waals surface area contributed by atoms with Crippen LogP contribution in [0.2, 0.25) is 0 Å². The lowest BCUT2D eigenvalue weighted by Gasteiger charge is -2.33. The number of carbonyl (C=O) groups excluding carboxylic acids is 1. The van der Waals surface area contributed by atoms with Gasteiger partial charge in [0, 0.05) is 30.7 Å². The molecule has 0 spiro atoms. The highest BCUT2D eigenvalue weighted by Crippen LogP contribution is 2.27. The number of rotatable bonds is 4. The van der Waals surface area contributed by atoms with Crippen molar-refractivity contribution in [3.63, 3.8) is 0 Å². The number of nitrogen functional groups attached to an aromatic ring is 1. The number of hydrogen-bond acceptors (Lipinski definition) is 7. The van der Waals surface area contributed by atoms with Gasteiger partial charge in [0.1, 0.15) is 5.82 Å². The normalized spacial score (nSPS) is 15.3. The minimum atomic E-state index is -0.591. The molecule has 4 heterocycles. The third-order valence-corrected chi connectivity index (χ3v) is 4.65. The maximum atomic E-state index is 11.7. The number of nitrogens with zero attached hydrogens (tertiary/aromatic N) is 4. The maximum absolute atomic E-state index is 11.7. The van der Waals surface area contributed by atoms with Crippen molar-refractivity contribution in [2.75, 3.05) is 29.0 Å². The van der Waals surface area contributed by atoms with Gasteiger partial charge in [-0.15, -0.1) is 10.2 Å². The van der Waals surface area contributed by atoms with E-state index in [0.717, 1.165) is 37.1 Å². The molecule has 0 bridgehead atoms. The number of hydrogen-bond donors (Lipinski definition) is 4. The lowest BCUT2D eigenvalue weighted by molar-refractivity contribution is 0.0995. The summed E-state index contributed by atoms with van der Waals surface area (Å²) in [6.07, 6.45) is 5.24. The van der Waals surface area contributed by atoms with E-state index in [9.17, 15) is 4.79 Å². The monoisotopic (exact) mass is 352 g/mol. The van der Waals surface area contributed by atoms with Crippen molar-refractivity contribution in [2.24, 2.45) is 5.73 Å². The number of carbonyl (C=O) groups is 1. The third kappa shape index (κ3) is 2.99. The van der Waals surface area contributed by atoms with Gasteiger partial charge in [-0.3, -0.25) is 4.79 Å². The van der Waals surface area contributed by atoms with E-state index in [1.54, 1.807) is 12.4 Å². The van der Waals surface area contributed by atoms with E-state index < -0.39 is 5.91 Å². The lowest BCUT2D eigenvalue weighted by atomic mass is 10.0. The van der Waals surface area contributed by atoms with Crippen LogP contribution in [0.25, 0.3) is 11.0 Å². The number of nitrogens with two attached hydrogens (primary N) is 2. The Labute approximate surface area is 149 Å². The molecular weight excluding hydrogens is 332 g/mol. The van der Waals surface area contributed by atoms with Crippen LogP contribution in [0.4, 0.5) is 17.2 Å². The first-order valence-electron chi connectivity index (χ1n) is 8.48. The number of piperidine rings is 1. The van der Waals surface area contributed by atoms with Crippen molar-refractivity contribution in [2.45, 2.75) is 18.9 Å². The zero-order chi connectivity index (χ0) is 18.1. The summed E-state index contributed by atoms with van der Waals surface area (Å²) in [5, 5.41) is 12.2. The average Bonchev–Trinajstić information content (AvgIpc) is 3.12. The van der Waals surface area contributed by atoms with Gasteiger partial charge >= 0.3 is 0 Å². The Kier molecular flexibility index (Phi) is 4.04. The number of H-pyrrole nitrogens is 1. The molecule has 0 saturated carbocycles. The molecule has 1 saturated heterocycles. The predicted molar refractivity (Wildman–Crippen MR) is 99.9 cm³/mol. The van der Waals surface area contributed by atoms with Crippen molar-refractivity contribution in [3.8, 4) is 0 Å². The molecule has 0 atom stereocenters. The summed E-state index contributed by atoms with van der Waals surface area (Å²) in [5.74, 6) is 0.334. The fraction of sp³-hybridized carbons (Fsp3) is 0.294. The molecule has 1 amide bonds. The van der Waals surface area contributed by atoms with Gasteiger partial charge in [-0.1, -0.05) is 0 Å². The van der Waals surface area contributed by atoms with Gasteiger partial charge in [0.2, 0.25) is 0 Å². The second-order valence-electron chi connectivity index (χ2n) is 6.38. The predicted octanol–water partition coefficient (Wildman–Crippen LogP) is 1.11. The number of anilines is 3. The number of aromatic amines is 1. The van der Waals surface area contributed by atoms with Crippen molar-refractivity contribution < 1.29 is 4.79 Å². The summed E-state index contributed by atoms with van der Waals surface area (Å²) in [6, 6.07) is 5.87. The fourth-order valence-electron chi connectivity index (χ4n) is 3.28. The summed E-state index contributed by atoms with van der Waals surface area (Å²) in [4.78, 5) is 21.3. The zero-order valence-corrected chi connectivity index (χ0v) is 14.1. The highest BCUT2D eigenvalue weighted by atomic mass is 16.1. The Hall–Kier alpha value is -3.36. The Morgan fingerprint density at radius 2 is 2.04 bits per heavy atom. The topological polar surface area (TPSA) is 139 Å². The lowest BCUT2D eigenvalue weighted by Crippen LogP contribution is -2.40. The van der Waals surface area contributed by atoms with Gasteiger partial charge in [0.15, 0.2) is 11.3 Å². The molecule has 3 aromatic heterocycles. The van der Waals surface area contributed by atoms with Gasteiger partial charge in [-0.2, -0.15) is 0 Å². The van der Waals surface area contributed by atoms with Gasteiger partial charge < -0.3 is 26.7 Å². The standard InChI is InChI=1S/C17H20N8O/c18-10-1-2-13(21-9-10)25-7-4-11(5-8-25)22-14-12-3-6-20-17(12)24-23-15(14)16(19)26/h1-3,6,9,11H,4-5,7-8,18H2,(H2,19,26)(H2,20,22,24). The van der Waals surface area contributed by atoms with Gasteiger partial charge in [-0.25, -0.2) is 4.98 Å². The molecule has 0 aliphatic carbocycles. The first kappa shape index (κ1) is 16.1. The Morgan fingerprint density at radius 1 is 1.23 bits per heavy atom. The van der Waals surface area contributed by atoms with Crippen LogP contribution in [-0.4, -0.2) is 45.2 Å². The van der Waals surface area contributed by atoms with Crippen LogP contribution in [-0.2, 0) is 0 Å². The molecule has 1 fully saturated rings. The van der Waals surface area contributed by atoms with Crippen molar-refractivity contribution >= 4 is 34.1 Å². The fourth-order valence-corrected chi connectivity index (χ4v) is 3.28. The summed E-state index contributed by atoms with van der Waals surface area (Å²) < 4.78 is 0. The second kappa shape index (κ2) is 6.51. The molecule has 134 valence electrons. The molecule has 9 nitrogen and oxygen atoms in total. The molecule has 6 N–H and O–H groups in total. The van der Waals surface area contributed by atoms with E-state index in [1.807, 2.05) is 18.2 Å². The number of pyridine rings is 1. The van der Waals surface area contributed by atoms with Crippen LogP contribution in [0.5, 0.6) is 0 Å².